The van der Waals surface area contributed by atoms with E-state index in [0.717, 1.165) is 6.07 Å². The SMILES string of the molecule is Nc1cc(OC(F)(F)F)c(Cl)cc1Br. The highest BCUT2D eigenvalue weighted by Crippen LogP contribution is 2.35. The third kappa shape index (κ3) is 2.95. The molecule has 1 aromatic carbocycles. The highest BCUT2D eigenvalue weighted by molar-refractivity contribution is 9.10. The van der Waals surface area contributed by atoms with Crippen LogP contribution < -0.4 is 10.5 Å². The van der Waals surface area contributed by atoms with Crippen LogP contribution in [-0.2, 0) is 0 Å². The number of nitrogen functional groups attached to an aromatic ring is 1. The number of benzene rings is 1. The predicted octanol–water partition coefficient (Wildman–Crippen LogP) is 3.58. The number of nitrogens with two attached hydrogens (primary N) is 1. The van der Waals surface area contributed by atoms with Gasteiger partial charge in [0.25, 0.3) is 0 Å². The molecule has 2 nitrogen and oxygen atoms in total. The van der Waals surface area contributed by atoms with Gasteiger partial charge in [-0.05, 0) is 22.0 Å². The average molecular weight is 290 g/mol. The van der Waals surface area contributed by atoms with E-state index in [1.807, 2.05) is 0 Å². The molecule has 0 heterocycles. The zero-order valence-corrected chi connectivity index (χ0v) is 8.87. The second kappa shape index (κ2) is 3.86. The highest BCUT2D eigenvalue weighted by Gasteiger charge is 2.32. The van der Waals surface area contributed by atoms with E-state index < -0.39 is 12.1 Å². The predicted molar refractivity (Wildman–Crippen MR) is 50.2 cm³/mol. The van der Waals surface area contributed by atoms with Crippen LogP contribution in [0.3, 0.4) is 0 Å². The molecular formula is C7H4BrClF3NO. The van der Waals surface area contributed by atoms with Crippen molar-refractivity contribution in [3.05, 3.63) is 21.6 Å². The van der Waals surface area contributed by atoms with Crippen LogP contribution in [0.5, 0.6) is 5.75 Å². The van der Waals surface area contributed by atoms with Crippen LogP contribution in [0.15, 0.2) is 16.6 Å². The summed E-state index contributed by atoms with van der Waals surface area (Å²) in [4.78, 5) is 0. The topological polar surface area (TPSA) is 35.2 Å². The molecule has 0 aliphatic heterocycles. The number of anilines is 1. The first-order chi connectivity index (χ1) is 6.29. The zero-order valence-electron chi connectivity index (χ0n) is 6.53. The van der Waals surface area contributed by atoms with Gasteiger partial charge >= 0.3 is 6.36 Å². The molecule has 7 heteroatoms. The summed E-state index contributed by atoms with van der Waals surface area (Å²) in [5.74, 6) is -0.514. The van der Waals surface area contributed by atoms with Gasteiger partial charge in [0.15, 0.2) is 0 Å². The van der Waals surface area contributed by atoms with Crippen molar-refractivity contribution in [1.29, 1.82) is 0 Å². The Labute approximate surface area is 90.9 Å². The molecule has 14 heavy (non-hydrogen) atoms. The molecule has 0 unspecified atom stereocenters. The zero-order chi connectivity index (χ0) is 10.9. The first-order valence-corrected chi connectivity index (χ1v) is 4.47. The van der Waals surface area contributed by atoms with Crippen LogP contribution in [0.1, 0.15) is 0 Å². The summed E-state index contributed by atoms with van der Waals surface area (Å²) in [6, 6.07) is 2.23. The quantitative estimate of drug-likeness (QED) is 0.802. The molecule has 0 saturated heterocycles. The fourth-order valence-electron chi connectivity index (χ4n) is 0.748. The molecule has 0 bridgehead atoms. The smallest absolute Gasteiger partial charge is 0.404 e. The Hall–Kier alpha value is -0.620. The van der Waals surface area contributed by atoms with E-state index in [4.69, 9.17) is 17.3 Å². The molecule has 0 aromatic heterocycles. The minimum atomic E-state index is -4.77. The third-order valence-corrected chi connectivity index (χ3v) is 2.26. The van der Waals surface area contributed by atoms with Gasteiger partial charge in [-0.2, -0.15) is 0 Å². The van der Waals surface area contributed by atoms with Crippen molar-refractivity contribution in [2.45, 2.75) is 6.36 Å². The molecular weight excluding hydrogens is 286 g/mol. The lowest BCUT2D eigenvalue weighted by atomic mass is 10.3. The summed E-state index contributed by atoms with van der Waals surface area (Å²) in [6.07, 6.45) is -4.77. The van der Waals surface area contributed by atoms with Crippen LogP contribution in [0.4, 0.5) is 18.9 Å². The number of rotatable bonds is 1. The molecule has 0 aliphatic carbocycles. The monoisotopic (exact) mass is 289 g/mol. The van der Waals surface area contributed by atoms with Crippen molar-refractivity contribution in [3.8, 4) is 5.75 Å². The van der Waals surface area contributed by atoms with Crippen LogP contribution in [0.25, 0.3) is 0 Å². The fraction of sp³-hybridized carbons (Fsp3) is 0.143. The van der Waals surface area contributed by atoms with Crippen molar-refractivity contribution in [3.63, 3.8) is 0 Å². The molecule has 0 saturated carbocycles. The van der Waals surface area contributed by atoms with Crippen LogP contribution in [0, 0.1) is 0 Å². The van der Waals surface area contributed by atoms with E-state index in [1.54, 1.807) is 0 Å². The lowest BCUT2D eigenvalue weighted by molar-refractivity contribution is -0.274. The molecule has 2 N–H and O–H groups in total. The van der Waals surface area contributed by atoms with E-state index >= 15 is 0 Å². The summed E-state index contributed by atoms with van der Waals surface area (Å²) < 4.78 is 39.5. The van der Waals surface area contributed by atoms with Crippen LogP contribution >= 0.6 is 27.5 Å². The number of hydrogen-bond acceptors (Lipinski definition) is 2. The molecule has 0 radical (unpaired) electrons. The molecule has 1 aromatic rings. The molecule has 1 rings (SSSR count). The molecule has 0 fully saturated rings. The van der Waals surface area contributed by atoms with Crippen LogP contribution in [-0.4, -0.2) is 6.36 Å². The minimum Gasteiger partial charge on any atom is -0.404 e. The Morgan fingerprint density at radius 3 is 2.43 bits per heavy atom. The lowest BCUT2D eigenvalue weighted by Gasteiger charge is -2.11. The van der Waals surface area contributed by atoms with Gasteiger partial charge in [-0.15, -0.1) is 13.2 Å². The maximum Gasteiger partial charge on any atom is 0.573 e. The van der Waals surface area contributed by atoms with E-state index in [2.05, 4.69) is 20.7 Å². The summed E-state index contributed by atoms with van der Waals surface area (Å²) in [6.45, 7) is 0. The lowest BCUT2D eigenvalue weighted by Crippen LogP contribution is -2.17. The number of ether oxygens (including phenoxy) is 1. The van der Waals surface area contributed by atoms with E-state index in [0.29, 0.717) is 4.47 Å². The molecule has 0 aliphatic rings. The fourth-order valence-corrected chi connectivity index (χ4v) is 1.43. The largest absolute Gasteiger partial charge is 0.573 e. The molecule has 0 amide bonds. The number of hydrogen-bond donors (Lipinski definition) is 1. The molecule has 78 valence electrons. The Bertz CT molecular complexity index is 356. The molecule has 0 spiro atoms. The standard InChI is InChI=1S/C7H4BrClF3NO/c8-3-1-4(9)6(2-5(3)13)14-7(10,11)12/h1-2H,13H2. The van der Waals surface area contributed by atoms with Gasteiger partial charge < -0.3 is 10.5 Å². The second-order valence-electron chi connectivity index (χ2n) is 2.35. The van der Waals surface area contributed by atoms with Crippen molar-refractivity contribution in [2.75, 3.05) is 5.73 Å². The van der Waals surface area contributed by atoms with Crippen LogP contribution in [0.2, 0.25) is 5.02 Å². The first-order valence-electron chi connectivity index (χ1n) is 3.30. The third-order valence-electron chi connectivity index (χ3n) is 1.28. The van der Waals surface area contributed by atoms with Gasteiger partial charge in [-0.1, -0.05) is 11.6 Å². The summed E-state index contributed by atoms with van der Waals surface area (Å²) in [7, 11) is 0. The summed E-state index contributed by atoms with van der Waals surface area (Å²) in [5.41, 5.74) is 5.47. The van der Waals surface area contributed by atoms with Gasteiger partial charge in [0.05, 0.1) is 5.02 Å². The number of halogens is 5. The van der Waals surface area contributed by atoms with Gasteiger partial charge in [0.1, 0.15) is 5.75 Å². The highest BCUT2D eigenvalue weighted by atomic mass is 79.9. The summed E-state index contributed by atoms with van der Waals surface area (Å²) >= 11 is 8.51. The minimum absolute atomic E-state index is 0.119. The molecule has 0 atom stereocenters. The van der Waals surface area contributed by atoms with Crippen molar-refractivity contribution < 1.29 is 17.9 Å². The summed E-state index contributed by atoms with van der Waals surface area (Å²) in [5, 5.41) is -0.164. The Balaban J connectivity index is 3.04. The van der Waals surface area contributed by atoms with E-state index in [9.17, 15) is 13.2 Å². The Kier molecular flexibility index (Phi) is 3.16. The van der Waals surface area contributed by atoms with Gasteiger partial charge in [-0.3, -0.25) is 0 Å². The van der Waals surface area contributed by atoms with Gasteiger partial charge in [0, 0.05) is 16.2 Å². The first kappa shape index (κ1) is 11.5. The normalized spacial score (nSPS) is 11.5. The van der Waals surface area contributed by atoms with E-state index in [1.165, 1.54) is 6.07 Å². The van der Waals surface area contributed by atoms with Crippen molar-refractivity contribution in [2.24, 2.45) is 0 Å². The van der Waals surface area contributed by atoms with Crippen molar-refractivity contribution in [1.82, 2.24) is 0 Å². The maximum atomic E-state index is 11.8. The maximum absolute atomic E-state index is 11.8. The number of alkyl halides is 3. The van der Waals surface area contributed by atoms with E-state index in [-0.39, 0.29) is 10.7 Å². The van der Waals surface area contributed by atoms with Crippen molar-refractivity contribution >= 4 is 33.2 Å². The Morgan fingerprint density at radius 2 is 1.93 bits per heavy atom. The van der Waals surface area contributed by atoms with Gasteiger partial charge in [0.2, 0.25) is 0 Å². The second-order valence-corrected chi connectivity index (χ2v) is 3.61. The van der Waals surface area contributed by atoms with Gasteiger partial charge in [-0.25, -0.2) is 0 Å². The average Bonchev–Trinajstić information content (AvgIpc) is 1.97. The Morgan fingerprint density at radius 1 is 1.36 bits per heavy atom.